The summed E-state index contributed by atoms with van der Waals surface area (Å²) in [6.07, 6.45) is 3.61. The van der Waals surface area contributed by atoms with Gasteiger partial charge in [-0.3, -0.25) is 0 Å². The van der Waals surface area contributed by atoms with Gasteiger partial charge >= 0.3 is 0 Å². The van der Waals surface area contributed by atoms with Gasteiger partial charge in [0.25, 0.3) is 0 Å². The Morgan fingerprint density at radius 1 is 1.56 bits per heavy atom. The Morgan fingerprint density at radius 3 is 2.22 bits per heavy atom. The molecular weight excluding hydrogens is 108 g/mol. The molecule has 0 aromatic rings. The molecule has 9 heavy (non-hydrogen) atoms. The van der Waals surface area contributed by atoms with Crippen molar-refractivity contribution >= 4 is 0 Å². The minimum atomic E-state index is 0.766. The molecule has 2 saturated carbocycles. The highest BCUT2D eigenvalue weighted by atomic mass is 14.8. The third-order valence-electron chi connectivity index (χ3n) is 3.57. The first-order chi connectivity index (χ1) is 4.23. The van der Waals surface area contributed by atoms with Crippen molar-refractivity contribution in [1.82, 2.24) is 0 Å². The summed E-state index contributed by atoms with van der Waals surface area (Å²) in [6, 6.07) is 0. The molecule has 50 valence electrons. The summed E-state index contributed by atoms with van der Waals surface area (Å²) in [4.78, 5) is 0. The van der Waals surface area contributed by atoms with Crippen LogP contribution in [0.15, 0.2) is 12.7 Å². The maximum atomic E-state index is 3.84. The van der Waals surface area contributed by atoms with Gasteiger partial charge in [0.05, 0.1) is 0 Å². The molecule has 0 aliphatic heterocycles. The van der Waals surface area contributed by atoms with Crippen molar-refractivity contribution in [2.24, 2.45) is 23.2 Å². The zero-order valence-electron chi connectivity index (χ0n) is 6.22. The Hall–Kier alpha value is -0.260. The van der Waals surface area contributed by atoms with Crippen molar-refractivity contribution in [3.8, 4) is 0 Å². The van der Waals surface area contributed by atoms with Gasteiger partial charge in [0.15, 0.2) is 0 Å². The Kier molecular flexibility index (Phi) is 0.769. The second-order valence-electron chi connectivity index (χ2n) is 3.77. The first-order valence-corrected chi connectivity index (χ1v) is 3.86. The van der Waals surface area contributed by atoms with Gasteiger partial charge in [-0.25, -0.2) is 0 Å². The van der Waals surface area contributed by atoms with E-state index in [9.17, 15) is 0 Å². The summed E-state index contributed by atoms with van der Waals surface area (Å²) in [7, 11) is 0. The average Bonchev–Trinajstić information content (AvgIpc) is 2.58. The molecule has 1 spiro atoms. The van der Waals surface area contributed by atoms with Crippen molar-refractivity contribution in [2.75, 3.05) is 0 Å². The van der Waals surface area contributed by atoms with Gasteiger partial charge in [-0.1, -0.05) is 19.9 Å². The van der Waals surface area contributed by atoms with E-state index in [4.69, 9.17) is 0 Å². The highest BCUT2D eigenvalue weighted by molar-refractivity contribution is 5.25. The fourth-order valence-electron chi connectivity index (χ4n) is 2.69. The minimum Gasteiger partial charge on any atom is -0.103 e. The maximum absolute atomic E-state index is 3.84. The normalized spacial score (nSPS) is 61.8. The predicted octanol–water partition coefficient (Wildman–Crippen LogP) is 2.46. The van der Waals surface area contributed by atoms with E-state index in [-0.39, 0.29) is 0 Å². The SMILES string of the molecule is C=CC1C(C)C12CC2C. The van der Waals surface area contributed by atoms with Gasteiger partial charge in [0.1, 0.15) is 0 Å². The van der Waals surface area contributed by atoms with Gasteiger partial charge in [-0.15, -0.1) is 6.58 Å². The van der Waals surface area contributed by atoms with Crippen molar-refractivity contribution in [1.29, 1.82) is 0 Å². The molecule has 0 bridgehead atoms. The number of hydrogen-bond donors (Lipinski definition) is 0. The monoisotopic (exact) mass is 122 g/mol. The van der Waals surface area contributed by atoms with Crippen LogP contribution in [0.1, 0.15) is 20.3 Å². The van der Waals surface area contributed by atoms with E-state index in [0.717, 1.165) is 23.2 Å². The highest BCUT2D eigenvalue weighted by Crippen LogP contribution is 2.78. The van der Waals surface area contributed by atoms with Gasteiger partial charge in [-0.05, 0) is 29.6 Å². The Balaban J connectivity index is 2.13. The van der Waals surface area contributed by atoms with E-state index >= 15 is 0 Å². The van der Waals surface area contributed by atoms with Crippen molar-refractivity contribution in [3.63, 3.8) is 0 Å². The summed E-state index contributed by atoms with van der Waals surface area (Å²) in [5.74, 6) is 2.81. The zero-order valence-corrected chi connectivity index (χ0v) is 6.22. The quantitative estimate of drug-likeness (QED) is 0.469. The molecule has 2 fully saturated rings. The molecule has 2 rings (SSSR count). The van der Waals surface area contributed by atoms with E-state index in [1.54, 1.807) is 0 Å². The fourth-order valence-corrected chi connectivity index (χ4v) is 2.69. The summed E-state index contributed by atoms with van der Waals surface area (Å²) in [5.41, 5.74) is 0.766. The molecule has 0 heterocycles. The van der Waals surface area contributed by atoms with E-state index in [0.29, 0.717) is 0 Å². The lowest BCUT2D eigenvalue weighted by atomic mass is 10.2. The zero-order chi connectivity index (χ0) is 6.65. The van der Waals surface area contributed by atoms with Crippen LogP contribution in [0.4, 0.5) is 0 Å². The third-order valence-corrected chi connectivity index (χ3v) is 3.57. The van der Waals surface area contributed by atoms with Crippen LogP contribution in [-0.4, -0.2) is 0 Å². The molecule has 0 radical (unpaired) electrons. The summed E-state index contributed by atoms with van der Waals surface area (Å²) >= 11 is 0. The summed E-state index contributed by atoms with van der Waals surface area (Å²) in [5, 5.41) is 0. The molecule has 4 unspecified atom stereocenters. The van der Waals surface area contributed by atoms with Crippen molar-refractivity contribution in [2.45, 2.75) is 20.3 Å². The summed E-state index contributed by atoms with van der Waals surface area (Å²) < 4.78 is 0. The Morgan fingerprint density at radius 2 is 2.11 bits per heavy atom. The van der Waals surface area contributed by atoms with Gasteiger partial charge in [0.2, 0.25) is 0 Å². The topological polar surface area (TPSA) is 0 Å². The van der Waals surface area contributed by atoms with Crippen LogP contribution in [0.2, 0.25) is 0 Å². The largest absolute Gasteiger partial charge is 0.103 e. The van der Waals surface area contributed by atoms with Crippen molar-refractivity contribution < 1.29 is 0 Å². The fraction of sp³-hybridized carbons (Fsp3) is 0.778. The molecule has 0 nitrogen and oxygen atoms in total. The first-order valence-electron chi connectivity index (χ1n) is 3.86. The molecule has 0 amide bonds. The molecule has 0 N–H and O–H groups in total. The highest BCUT2D eigenvalue weighted by Gasteiger charge is 2.72. The van der Waals surface area contributed by atoms with Crippen LogP contribution in [0.3, 0.4) is 0 Å². The van der Waals surface area contributed by atoms with Crippen LogP contribution in [0.25, 0.3) is 0 Å². The second-order valence-corrected chi connectivity index (χ2v) is 3.77. The molecule has 2 aliphatic rings. The van der Waals surface area contributed by atoms with Crippen molar-refractivity contribution in [3.05, 3.63) is 12.7 Å². The van der Waals surface area contributed by atoms with E-state index in [1.807, 2.05) is 0 Å². The van der Waals surface area contributed by atoms with E-state index in [2.05, 4.69) is 26.5 Å². The lowest BCUT2D eigenvalue weighted by Gasteiger charge is -1.81. The second kappa shape index (κ2) is 1.25. The Labute approximate surface area is 57.0 Å². The van der Waals surface area contributed by atoms with Crippen LogP contribution >= 0.6 is 0 Å². The molecular formula is C9H14. The van der Waals surface area contributed by atoms with Gasteiger partial charge in [-0.2, -0.15) is 0 Å². The van der Waals surface area contributed by atoms with Gasteiger partial charge in [0, 0.05) is 0 Å². The summed E-state index contributed by atoms with van der Waals surface area (Å²) in [6.45, 7) is 8.56. The van der Waals surface area contributed by atoms with Crippen LogP contribution in [0.5, 0.6) is 0 Å². The molecule has 0 aromatic carbocycles. The minimum absolute atomic E-state index is 0.766. The van der Waals surface area contributed by atoms with Crippen LogP contribution < -0.4 is 0 Å². The number of allylic oxidation sites excluding steroid dienone is 1. The molecule has 0 heteroatoms. The smallest absolute Gasteiger partial charge is 0.0143 e. The molecule has 0 aromatic heterocycles. The number of hydrogen-bond acceptors (Lipinski definition) is 0. The van der Waals surface area contributed by atoms with Gasteiger partial charge < -0.3 is 0 Å². The molecule has 4 atom stereocenters. The van der Waals surface area contributed by atoms with E-state index < -0.39 is 0 Å². The van der Waals surface area contributed by atoms with E-state index in [1.165, 1.54) is 6.42 Å². The lowest BCUT2D eigenvalue weighted by Crippen LogP contribution is -1.76. The molecule has 0 saturated heterocycles. The number of rotatable bonds is 1. The van der Waals surface area contributed by atoms with Crippen LogP contribution in [-0.2, 0) is 0 Å². The lowest BCUT2D eigenvalue weighted by molar-refractivity contribution is 0.686. The third kappa shape index (κ3) is 0.417. The molecule has 2 aliphatic carbocycles. The predicted molar refractivity (Wildman–Crippen MR) is 39.1 cm³/mol. The standard InChI is InChI=1S/C9H14/c1-4-8-7(3)9(8)5-6(9)2/h4,6-8H,1,5H2,2-3H3. The maximum Gasteiger partial charge on any atom is -0.0143 e. The van der Waals surface area contributed by atoms with Crippen LogP contribution in [0, 0.1) is 23.2 Å². The average molecular weight is 122 g/mol. The first kappa shape index (κ1) is 5.52. The Bertz CT molecular complexity index is 159.